The predicted octanol–water partition coefficient (Wildman–Crippen LogP) is 1.40. The molecule has 1 saturated carbocycles. The second-order valence-corrected chi connectivity index (χ2v) is 5.26. The Morgan fingerprint density at radius 2 is 2.20 bits per heavy atom. The zero-order valence-corrected chi connectivity index (χ0v) is 10.3. The molecule has 1 fully saturated rings. The number of hydrogen-bond donors (Lipinski definition) is 1. The van der Waals surface area contributed by atoms with E-state index >= 15 is 0 Å². The van der Waals surface area contributed by atoms with E-state index in [0.717, 1.165) is 5.69 Å². The first kappa shape index (κ1) is 10.6. The SMILES string of the molecule is Cn1nnc(Br)c1C1C(C(=O)O)C1(C)C. The Balaban J connectivity index is 2.39. The van der Waals surface area contributed by atoms with Crippen LogP contribution < -0.4 is 0 Å². The third-order valence-corrected chi connectivity index (χ3v) is 3.78. The van der Waals surface area contributed by atoms with Gasteiger partial charge >= 0.3 is 5.97 Å². The summed E-state index contributed by atoms with van der Waals surface area (Å²) >= 11 is 3.30. The minimum atomic E-state index is -0.752. The van der Waals surface area contributed by atoms with Crippen LogP contribution in [-0.4, -0.2) is 26.1 Å². The Morgan fingerprint density at radius 3 is 2.53 bits per heavy atom. The Bertz CT molecular complexity index is 407. The van der Waals surface area contributed by atoms with Crippen LogP contribution in [-0.2, 0) is 11.8 Å². The van der Waals surface area contributed by atoms with Gasteiger partial charge in [-0.3, -0.25) is 9.48 Å². The smallest absolute Gasteiger partial charge is 0.307 e. The molecular weight excluding hydrogens is 262 g/mol. The summed E-state index contributed by atoms with van der Waals surface area (Å²) < 4.78 is 2.28. The van der Waals surface area contributed by atoms with Crippen molar-refractivity contribution < 1.29 is 9.90 Å². The monoisotopic (exact) mass is 273 g/mol. The van der Waals surface area contributed by atoms with Gasteiger partial charge in [-0.25, -0.2) is 0 Å². The van der Waals surface area contributed by atoms with E-state index in [1.165, 1.54) is 0 Å². The molecule has 6 heteroatoms. The number of nitrogens with zero attached hydrogens (tertiary/aromatic N) is 3. The van der Waals surface area contributed by atoms with Crippen molar-refractivity contribution in [2.75, 3.05) is 0 Å². The van der Waals surface area contributed by atoms with E-state index in [1.54, 1.807) is 11.7 Å². The van der Waals surface area contributed by atoms with E-state index in [4.69, 9.17) is 5.11 Å². The van der Waals surface area contributed by atoms with Crippen LogP contribution in [0.1, 0.15) is 25.5 Å². The second-order valence-electron chi connectivity index (χ2n) is 4.50. The summed E-state index contributed by atoms with van der Waals surface area (Å²) in [6, 6.07) is 0. The van der Waals surface area contributed by atoms with Crippen molar-refractivity contribution >= 4 is 21.9 Å². The van der Waals surface area contributed by atoms with Gasteiger partial charge in [0.25, 0.3) is 0 Å². The largest absolute Gasteiger partial charge is 0.481 e. The molecule has 2 atom stereocenters. The first-order chi connectivity index (χ1) is 6.87. The number of rotatable bonds is 2. The van der Waals surface area contributed by atoms with Crippen LogP contribution >= 0.6 is 15.9 Å². The maximum Gasteiger partial charge on any atom is 0.307 e. The number of aliphatic carboxylic acids is 1. The Kier molecular flexibility index (Phi) is 2.15. The zero-order valence-electron chi connectivity index (χ0n) is 8.73. The van der Waals surface area contributed by atoms with E-state index in [9.17, 15) is 4.79 Å². The predicted molar refractivity (Wildman–Crippen MR) is 56.4 cm³/mol. The minimum absolute atomic E-state index is 0.00984. The molecule has 1 aromatic heterocycles. The molecule has 1 N–H and O–H groups in total. The number of carboxylic acid groups (broad SMARTS) is 1. The average Bonchev–Trinajstić information content (AvgIpc) is 2.50. The van der Waals surface area contributed by atoms with E-state index in [2.05, 4.69) is 26.2 Å². The van der Waals surface area contributed by atoms with E-state index in [1.807, 2.05) is 13.8 Å². The fourth-order valence-electron chi connectivity index (χ4n) is 2.28. The molecule has 0 amide bonds. The molecule has 0 saturated heterocycles. The standard InChI is InChI=1S/C9H12BrN3O2/c1-9(2)4(5(9)8(14)15)6-7(10)11-12-13(6)3/h4-5H,1-3H3,(H,14,15). The van der Waals surface area contributed by atoms with Crippen LogP contribution in [0.15, 0.2) is 4.60 Å². The molecule has 1 aliphatic rings. The summed E-state index contributed by atoms with van der Waals surface area (Å²) in [6.45, 7) is 3.91. The lowest BCUT2D eigenvalue weighted by atomic mass is 10.1. The van der Waals surface area contributed by atoms with Crippen molar-refractivity contribution in [2.45, 2.75) is 19.8 Å². The maximum absolute atomic E-state index is 11.0. The molecule has 0 aliphatic heterocycles. The lowest BCUT2D eigenvalue weighted by Crippen LogP contribution is -2.03. The van der Waals surface area contributed by atoms with Crippen molar-refractivity contribution in [2.24, 2.45) is 18.4 Å². The quantitative estimate of drug-likeness (QED) is 0.885. The van der Waals surface area contributed by atoms with Gasteiger partial charge in [-0.2, -0.15) is 0 Å². The van der Waals surface area contributed by atoms with Crippen LogP contribution in [0.4, 0.5) is 0 Å². The molecule has 15 heavy (non-hydrogen) atoms. The third-order valence-electron chi connectivity index (χ3n) is 3.21. The number of hydrogen-bond acceptors (Lipinski definition) is 3. The highest BCUT2D eigenvalue weighted by molar-refractivity contribution is 9.10. The van der Waals surface area contributed by atoms with Gasteiger partial charge in [0.05, 0.1) is 11.6 Å². The highest BCUT2D eigenvalue weighted by Gasteiger charge is 2.64. The summed E-state index contributed by atoms with van der Waals surface area (Å²) in [5.74, 6) is -1.10. The van der Waals surface area contributed by atoms with Crippen molar-refractivity contribution in [1.82, 2.24) is 15.0 Å². The average molecular weight is 274 g/mol. The summed E-state index contributed by atoms with van der Waals surface area (Å²) in [6.07, 6.45) is 0. The number of halogens is 1. The molecule has 2 unspecified atom stereocenters. The van der Waals surface area contributed by atoms with Crippen molar-refractivity contribution in [3.05, 3.63) is 10.3 Å². The highest BCUT2D eigenvalue weighted by atomic mass is 79.9. The first-order valence-corrected chi connectivity index (χ1v) is 5.44. The summed E-state index contributed by atoms with van der Waals surface area (Å²) in [7, 11) is 1.78. The zero-order chi connectivity index (χ0) is 11.4. The summed E-state index contributed by atoms with van der Waals surface area (Å²) in [5, 5.41) is 16.8. The van der Waals surface area contributed by atoms with Crippen molar-refractivity contribution in [3.8, 4) is 0 Å². The Hall–Kier alpha value is -0.910. The number of aryl methyl sites for hydroxylation is 1. The van der Waals surface area contributed by atoms with Crippen LogP contribution in [0.5, 0.6) is 0 Å². The van der Waals surface area contributed by atoms with Crippen LogP contribution in [0, 0.1) is 11.3 Å². The van der Waals surface area contributed by atoms with Gasteiger partial charge in [-0.15, -0.1) is 5.10 Å². The second kappa shape index (κ2) is 3.04. The summed E-state index contributed by atoms with van der Waals surface area (Å²) in [4.78, 5) is 11.0. The first-order valence-electron chi connectivity index (χ1n) is 4.65. The molecular formula is C9H12BrN3O2. The van der Waals surface area contributed by atoms with Gasteiger partial charge in [0.1, 0.15) is 0 Å². The van der Waals surface area contributed by atoms with Gasteiger partial charge in [0, 0.05) is 13.0 Å². The molecule has 1 aliphatic carbocycles. The molecule has 82 valence electrons. The maximum atomic E-state index is 11.0. The highest BCUT2D eigenvalue weighted by Crippen LogP contribution is 2.65. The Morgan fingerprint density at radius 1 is 1.60 bits per heavy atom. The number of carboxylic acids is 1. The number of carbonyl (C=O) groups is 1. The summed E-state index contributed by atoms with van der Waals surface area (Å²) in [5.41, 5.74) is 0.650. The lowest BCUT2D eigenvalue weighted by molar-refractivity contribution is -0.139. The van der Waals surface area contributed by atoms with Gasteiger partial charge in [-0.05, 0) is 21.3 Å². The van der Waals surface area contributed by atoms with Crippen molar-refractivity contribution in [1.29, 1.82) is 0 Å². The van der Waals surface area contributed by atoms with Gasteiger partial charge in [-0.1, -0.05) is 19.1 Å². The molecule has 0 aromatic carbocycles. The van der Waals surface area contributed by atoms with Gasteiger partial charge in [0.2, 0.25) is 0 Å². The molecule has 0 spiro atoms. The fourth-order valence-corrected chi connectivity index (χ4v) is 2.85. The lowest BCUT2D eigenvalue weighted by Gasteiger charge is -2.02. The fraction of sp³-hybridized carbons (Fsp3) is 0.667. The molecule has 1 heterocycles. The molecule has 0 radical (unpaired) electrons. The molecule has 1 aromatic rings. The van der Waals surface area contributed by atoms with Crippen molar-refractivity contribution in [3.63, 3.8) is 0 Å². The molecule has 0 bridgehead atoms. The normalized spacial score (nSPS) is 27.7. The molecule has 2 rings (SSSR count). The third kappa shape index (κ3) is 1.39. The van der Waals surface area contributed by atoms with Gasteiger partial charge in [0.15, 0.2) is 4.60 Å². The van der Waals surface area contributed by atoms with Crippen LogP contribution in [0.3, 0.4) is 0 Å². The Labute approximate surface area is 95.6 Å². The van der Waals surface area contributed by atoms with E-state index in [0.29, 0.717) is 4.60 Å². The topological polar surface area (TPSA) is 68.0 Å². The number of aromatic nitrogens is 3. The van der Waals surface area contributed by atoms with E-state index in [-0.39, 0.29) is 17.3 Å². The van der Waals surface area contributed by atoms with Gasteiger partial charge < -0.3 is 5.11 Å². The minimum Gasteiger partial charge on any atom is -0.481 e. The van der Waals surface area contributed by atoms with Crippen LogP contribution in [0.25, 0.3) is 0 Å². The van der Waals surface area contributed by atoms with E-state index < -0.39 is 5.97 Å². The molecule has 5 nitrogen and oxygen atoms in total. The van der Waals surface area contributed by atoms with Crippen LogP contribution in [0.2, 0.25) is 0 Å².